The van der Waals surface area contributed by atoms with E-state index < -0.39 is 0 Å². The second-order valence-corrected chi connectivity index (χ2v) is 5.62. The fourth-order valence-corrected chi connectivity index (χ4v) is 1.82. The average Bonchev–Trinajstić information content (AvgIpc) is 2.27. The first kappa shape index (κ1) is 14.4. The number of rotatable bonds is 5. The molecule has 0 bridgehead atoms. The van der Waals surface area contributed by atoms with E-state index in [-0.39, 0.29) is 11.7 Å². The lowest BCUT2D eigenvalue weighted by atomic mass is 9.96. The molecule has 0 spiro atoms. The van der Waals surface area contributed by atoms with Crippen LogP contribution in [-0.4, -0.2) is 19.2 Å². The van der Waals surface area contributed by atoms with Crippen molar-refractivity contribution in [3.05, 3.63) is 29.8 Å². The lowest BCUT2D eigenvalue weighted by molar-refractivity contribution is -0.120. The molecule has 2 nitrogen and oxygen atoms in total. The van der Waals surface area contributed by atoms with Crippen LogP contribution in [0.15, 0.2) is 24.3 Å². The molecule has 96 valence electrons. The van der Waals surface area contributed by atoms with E-state index in [9.17, 15) is 0 Å². The number of hydrogen-bond donors (Lipinski definition) is 1. The zero-order chi connectivity index (χ0) is 12.9. The molecular formula is C14H22O2S. The van der Waals surface area contributed by atoms with Crippen molar-refractivity contribution >= 4 is 12.6 Å². The van der Waals surface area contributed by atoms with Crippen molar-refractivity contribution in [3.8, 4) is 5.75 Å². The minimum Gasteiger partial charge on any atom is -0.464 e. The fourth-order valence-electron chi connectivity index (χ4n) is 1.57. The van der Waals surface area contributed by atoms with Gasteiger partial charge >= 0.3 is 0 Å². The van der Waals surface area contributed by atoms with Crippen molar-refractivity contribution in [2.24, 2.45) is 5.41 Å². The summed E-state index contributed by atoms with van der Waals surface area (Å²) in [5.41, 5.74) is 1.23. The van der Waals surface area contributed by atoms with Gasteiger partial charge in [0.2, 0.25) is 6.29 Å². The first-order chi connectivity index (χ1) is 7.97. The van der Waals surface area contributed by atoms with E-state index in [4.69, 9.17) is 9.47 Å². The predicted molar refractivity (Wildman–Crippen MR) is 74.9 cm³/mol. The summed E-state index contributed by atoms with van der Waals surface area (Å²) in [6.07, 6.45) is 0.745. The minimum absolute atomic E-state index is 0.0431. The van der Waals surface area contributed by atoms with Gasteiger partial charge in [-0.15, -0.1) is 0 Å². The highest BCUT2D eigenvalue weighted by atomic mass is 32.1. The van der Waals surface area contributed by atoms with Crippen molar-refractivity contribution in [1.29, 1.82) is 0 Å². The highest BCUT2D eigenvalue weighted by molar-refractivity contribution is 7.80. The number of hydrogen-bond acceptors (Lipinski definition) is 3. The molecule has 0 N–H and O–H groups in total. The topological polar surface area (TPSA) is 18.5 Å². The molecule has 0 saturated carbocycles. The van der Waals surface area contributed by atoms with Crippen molar-refractivity contribution in [3.63, 3.8) is 0 Å². The maximum Gasteiger partial charge on any atom is 0.204 e. The van der Waals surface area contributed by atoms with Gasteiger partial charge in [0, 0.05) is 12.5 Å². The molecule has 0 aliphatic carbocycles. The first-order valence-electron chi connectivity index (χ1n) is 5.86. The van der Waals surface area contributed by atoms with Crippen LogP contribution in [0.25, 0.3) is 0 Å². The van der Waals surface area contributed by atoms with Crippen molar-refractivity contribution in [2.75, 3.05) is 12.9 Å². The van der Waals surface area contributed by atoms with E-state index in [1.807, 2.05) is 12.1 Å². The van der Waals surface area contributed by atoms with Crippen LogP contribution < -0.4 is 4.74 Å². The number of benzene rings is 1. The van der Waals surface area contributed by atoms with E-state index >= 15 is 0 Å². The quantitative estimate of drug-likeness (QED) is 0.640. The summed E-state index contributed by atoms with van der Waals surface area (Å²) in [5.74, 6) is 1.71. The van der Waals surface area contributed by atoms with Crippen LogP contribution in [0, 0.1) is 5.41 Å². The molecule has 0 amide bonds. The molecule has 0 aliphatic heterocycles. The van der Waals surface area contributed by atoms with E-state index in [1.165, 1.54) is 5.56 Å². The maximum absolute atomic E-state index is 5.82. The molecule has 1 rings (SSSR count). The zero-order valence-electron chi connectivity index (χ0n) is 11.1. The van der Waals surface area contributed by atoms with Crippen LogP contribution in [0.4, 0.5) is 0 Å². The number of thiol groups is 1. The van der Waals surface area contributed by atoms with E-state index in [0.717, 1.165) is 17.9 Å². The second kappa shape index (κ2) is 6.31. The SMILES string of the molecule is COC(Oc1ccc(CCS)cc1)C(C)(C)C. The molecule has 0 fully saturated rings. The largest absolute Gasteiger partial charge is 0.464 e. The molecule has 1 aromatic carbocycles. The Hall–Kier alpha value is -0.670. The van der Waals surface area contributed by atoms with Gasteiger partial charge in [-0.2, -0.15) is 12.6 Å². The number of methoxy groups -OCH3 is 1. The van der Waals surface area contributed by atoms with Crippen LogP contribution in [0.5, 0.6) is 5.75 Å². The Balaban J connectivity index is 2.67. The monoisotopic (exact) mass is 254 g/mol. The van der Waals surface area contributed by atoms with Crippen LogP contribution in [0.1, 0.15) is 26.3 Å². The first-order valence-corrected chi connectivity index (χ1v) is 6.50. The van der Waals surface area contributed by atoms with Gasteiger partial charge in [0.15, 0.2) is 0 Å². The Morgan fingerprint density at radius 1 is 1.18 bits per heavy atom. The molecule has 1 unspecified atom stereocenters. The third-order valence-corrected chi connectivity index (χ3v) is 2.71. The summed E-state index contributed by atoms with van der Waals surface area (Å²) in [6.45, 7) is 6.28. The summed E-state index contributed by atoms with van der Waals surface area (Å²) in [6, 6.07) is 8.11. The third-order valence-electron chi connectivity index (χ3n) is 2.49. The molecule has 1 aromatic rings. The van der Waals surface area contributed by atoms with Crippen molar-refractivity contribution in [2.45, 2.75) is 33.5 Å². The van der Waals surface area contributed by atoms with Crippen molar-refractivity contribution < 1.29 is 9.47 Å². The Morgan fingerprint density at radius 3 is 2.18 bits per heavy atom. The number of ether oxygens (including phenoxy) is 2. The van der Waals surface area contributed by atoms with E-state index in [1.54, 1.807) is 7.11 Å². The normalized spacial score (nSPS) is 13.5. The van der Waals surface area contributed by atoms with Gasteiger partial charge in [-0.25, -0.2) is 0 Å². The Bertz CT molecular complexity index is 327. The third kappa shape index (κ3) is 4.60. The summed E-state index contributed by atoms with van der Waals surface area (Å²) in [4.78, 5) is 0. The zero-order valence-corrected chi connectivity index (χ0v) is 12.0. The molecule has 0 aromatic heterocycles. The lowest BCUT2D eigenvalue weighted by Gasteiger charge is -2.29. The summed E-state index contributed by atoms with van der Waals surface area (Å²) >= 11 is 4.22. The van der Waals surface area contributed by atoms with Gasteiger partial charge in [-0.1, -0.05) is 32.9 Å². The summed E-state index contributed by atoms with van der Waals surface area (Å²) in [5, 5.41) is 0. The van der Waals surface area contributed by atoms with E-state index in [0.29, 0.717) is 0 Å². The Labute approximate surface area is 110 Å². The Kier molecular flexibility index (Phi) is 5.34. The van der Waals surface area contributed by atoms with E-state index in [2.05, 4.69) is 45.5 Å². The predicted octanol–water partition coefficient (Wildman–Crippen LogP) is 3.56. The summed E-state index contributed by atoms with van der Waals surface area (Å²) in [7, 11) is 1.67. The number of aryl methyl sites for hydroxylation is 1. The molecule has 0 heterocycles. The lowest BCUT2D eigenvalue weighted by Crippen LogP contribution is -2.33. The van der Waals surface area contributed by atoms with Crippen LogP contribution in [0.2, 0.25) is 0 Å². The second-order valence-electron chi connectivity index (χ2n) is 5.17. The van der Waals surface area contributed by atoms with Gasteiger partial charge < -0.3 is 9.47 Å². The molecular weight excluding hydrogens is 232 g/mol. The standard InChI is InChI=1S/C14H22O2S/c1-14(2,3)13(15-4)16-12-7-5-11(6-8-12)9-10-17/h5-8,13,17H,9-10H2,1-4H3. The van der Waals surface area contributed by atoms with Crippen LogP contribution in [-0.2, 0) is 11.2 Å². The van der Waals surface area contributed by atoms with Crippen molar-refractivity contribution in [1.82, 2.24) is 0 Å². The minimum atomic E-state index is -0.238. The van der Waals surface area contributed by atoms with Crippen LogP contribution >= 0.6 is 12.6 Å². The highest BCUT2D eigenvalue weighted by Crippen LogP contribution is 2.25. The molecule has 0 saturated heterocycles. The molecule has 0 aliphatic rings. The van der Waals surface area contributed by atoms with Crippen LogP contribution in [0.3, 0.4) is 0 Å². The maximum atomic E-state index is 5.82. The fraction of sp³-hybridized carbons (Fsp3) is 0.571. The summed E-state index contributed by atoms with van der Waals surface area (Å²) < 4.78 is 11.2. The average molecular weight is 254 g/mol. The molecule has 17 heavy (non-hydrogen) atoms. The smallest absolute Gasteiger partial charge is 0.204 e. The molecule has 0 radical (unpaired) electrons. The van der Waals surface area contributed by atoms with Gasteiger partial charge in [-0.3, -0.25) is 0 Å². The molecule has 1 atom stereocenters. The van der Waals surface area contributed by atoms with Gasteiger partial charge in [0.1, 0.15) is 5.75 Å². The highest BCUT2D eigenvalue weighted by Gasteiger charge is 2.26. The molecule has 3 heteroatoms. The van der Waals surface area contributed by atoms with Gasteiger partial charge in [0.05, 0.1) is 0 Å². The van der Waals surface area contributed by atoms with Gasteiger partial charge in [-0.05, 0) is 29.9 Å². The Morgan fingerprint density at radius 2 is 1.76 bits per heavy atom. The van der Waals surface area contributed by atoms with Gasteiger partial charge in [0.25, 0.3) is 0 Å².